The van der Waals surface area contributed by atoms with E-state index in [2.05, 4.69) is 6.58 Å². The lowest BCUT2D eigenvalue weighted by Gasteiger charge is -2.19. The van der Waals surface area contributed by atoms with Gasteiger partial charge in [0.1, 0.15) is 0 Å². The van der Waals surface area contributed by atoms with E-state index in [1.165, 1.54) is 0 Å². The highest BCUT2D eigenvalue weighted by Gasteiger charge is 2.25. The SMILES string of the molecule is C=C(c1ccccc1)C(C(=O)c1ccccc1)c1ccccc1. The fourth-order valence-electron chi connectivity index (χ4n) is 2.74. The smallest absolute Gasteiger partial charge is 0.174 e. The zero-order valence-electron chi connectivity index (χ0n) is 12.9. The number of ketones is 1. The first-order chi connectivity index (χ1) is 11.3. The predicted molar refractivity (Wildman–Crippen MR) is 95.4 cm³/mol. The molecular weight excluding hydrogens is 280 g/mol. The largest absolute Gasteiger partial charge is 0.293 e. The molecule has 0 saturated heterocycles. The van der Waals surface area contributed by atoms with Gasteiger partial charge in [-0.15, -0.1) is 0 Å². The highest BCUT2D eigenvalue weighted by molar-refractivity contribution is 6.08. The molecule has 3 rings (SSSR count). The van der Waals surface area contributed by atoms with E-state index >= 15 is 0 Å². The average Bonchev–Trinajstić information content (AvgIpc) is 2.64. The molecule has 0 heterocycles. The first kappa shape index (κ1) is 15.0. The van der Waals surface area contributed by atoms with Gasteiger partial charge in [-0.2, -0.15) is 0 Å². The molecule has 0 fully saturated rings. The van der Waals surface area contributed by atoms with E-state index in [-0.39, 0.29) is 11.7 Å². The molecule has 23 heavy (non-hydrogen) atoms. The third kappa shape index (κ3) is 3.29. The Balaban J connectivity index is 2.05. The van der Waals surface area contributed by atoms with Gasteiger partial charge >= 0.3 is 0 Å². The number of carbonyl (C=O) groups is 1. The van der Waals surface area contributed by atoms with Crippen molar-refractivity contribution in [2.75, 3.05) is 0 Å². The number of Topliss-reactive ketones (excluding diaryl/α,β-unsaturated/α-hetero) is 1. The Morgan fingerprint density at radius 1 is 0.652 bits per heavy atom. The predicted octanol–water partition coefficient (Wildman–Crippen LogP) is 5.37. The third-order valence-electron chi connectivity index (χ3n) is 3.95. The van der Waals surface area contributed by atoms with Crippen molar-refractivity contribution in [2.45, 2.75) is 5.92 Å². The highest BCUT2D eigenvalue weighted by atomic mass is 16.1. The van der Waals surface area contributed by atoms with E-state index in [9.17, 15) is 4.79 Å². The molecule has 1 atom stereocenters. The van der Waals surface area contributed by atoms with Gasteiger partial charge in [0.2, 0.25) is 0 Å². The van der Waals surface area contributed by atoms with Gasteiger partial charge in [-0.1, -0.05) is 97.6 Å². The summed E-state index contributed by atoms with van der Waals surface area (Å²) in [7, 11) is 0. The lowest BCUT2D eigenvalue weighted by atomic mass is 9.82. The average molecular weight is 298 g/mol. The Labute approximate surface area is 136 Å². The molecule has 3 aromatic rings. The van der Waals surface area contributed by atoms with Gasteiger partial charge in [0.15, 0.2) is 5.78 Å². The highest BCUT2D eigenvalue weighted by Crippen LogP contribution is 2.33. The van der Waals surface area contributed by atoms with Crippen molar-refractivity contribution in [1.82, 2.24) is 0 Å². The minimum atomic E-state index is -0.374. The van der Waals surface area contributed by atoms with E-state index < -0.39 is 0 Å². The summed E-state index contributed by atoms with van der Waals surface area (Å²) in [6.07, 6.45) is 0. The first-order valence-electron chi connectivity index (χ1n) is 7.66. The summed E-state index contributed by atoms with van der Waals surface area (Å²) >= 11 is 0. The third-order valence-corrected chi connectivity index (χ3v) is 3.95. The Morgan fingerprint density at radius 2 is 1.09 bits per heavy atom. The van der Waals surface area contributed by atoms with Crippen molar-refractivity contribution in [3.8, 4) is 0 Å². The van der Waals surface area contributed by atoms with Gasteiger partial charge in [0.25, 0.3) is 0 Å². The van der Waals surface area contributed by atoms with Crippen molar-refractivity contribution < 1.29 is 4.79 Å². The van der Waals surface area contributed by atoms with Gasteiger partial charge in [0, 0.05) is 5.56 Å². The molecular formula is C22H18O. The van der Waals surface area contributed by atoms with Crippen LogP contribution in [0.15, 0.2) is 97.6 Å². The molecule has 0 bridgehead atoms. The summed E-state index contributed by atoms with van der Waals surface area (Å²) in [4.78, 5) is 13.1. The zero-order chi connectivity index (χ0) is 16.1. The molecule has 0 amide bonds. The molecule has 3 aromatic carbocycles. The summed E-state index contributed by atoms with van der Waals surface area (Å²) in [5.74, 6) is -0.299. The molecule has 0 spiro atoms. The summed E-state index contributed by atoms with van der Waals surface area (Å²) in [5.41, 5.74) is 3.49. The molecule has 112 valence electrons. The number of hydrogen-bond donors (Lipinski definition) is 0. The number of rotatable bonds is 5. The fraction of sp³-hybridized carbons (Fsp3) is 0.0455. The summed E-state index contributed by atoms with van der Waals surface area (Å²) < 4.78 is 0. The Bertz CT molecular complexity index is 738. The Morgan fingerprint density at radius 3 is 1.61 bits per heavy atom. The maximum absolute atomic E-state index is 13.1. The van der Waals surface area contributed by atoms with Crippen molar-refractivity contribution in [3.63, 3.8) is 0 Å². The van der Waals surface area contributed by atoms with Gasteiger partial charge in [-0.25, -0.2) is 0 Å². The molecule has 0 aliphatic heterocycles. The van der Waals surface area contributed by atoms with E-state index in [1.807, 2.05) is 91.0 Å². The maximum atomic E-state index is 13.1. The molecule has 1 nitrogen and oxygen atoms in total. The van der Waals surface area contributed by atoms with E-state index in [1.54, 1.807) is 0 Å². The number of hydrogen-bond acceptors (Lipinski definition) is 1. The molecule has 0 aliphatic rings. The monoisotopic (exact) mass is 298 g/mol. The minimum Gasteiger partial charge on any atom is -0.293 e. The minimum absolute atomic E-state index is 0.0747. The lowest BCUT2D eigenvalue weighted by molar-refractivity contribution is 0.0980. The second-order valence-corrected chi connectivity index (χ2v) is 5.47. The van der Waals surface area contributed by atoms with Crippen LogP contribution in [0.25, 0.3) is 5.57 Å². The zero-order valence-corrected chi connectivity index (χ0v) is 12.9. The first-order valence-corrected chi connectivity index (χ1v) is 7.66. The van der Waals surface area contributed by atoms with Gasteiger partial charge in [-0.05, 0) is 16.7 Å². The second kappa shape index (κ2) is 6.89. The van der Waals surface area contributed by atoms with Gasteiger partial charge < -0.3 is 0 Å². The summed E-state index contributed by atoms with van der Waals surface area (Å²) in [6, 6.07) is 29.1. The van der Waals surface area contributed by atoms with Crippen LogP contribution in [0, 0.1) is 0 Å². The van der Waals surface area contributed by atoms with E-state index in [0.29, 0.717) is 5.56 Å². The second-order valence-electron chi connectivity index (χ2n) is 5.47. The lowest BCUT2D eigenvalue weighted by Crippen LogP contribution is -2.14. The normalized spacial score (nSPS) is 11.7. The molecule has 0 saturated carbocycles. The van der Waals surface area contributed by atoms with Crippen LogP contribution in [-0.4, -0.2) is 5.78 Å². The van der Waals surface area contributed by atoms with Gasteiger partial charge in [-0.3, -0.25) is 4.79 Å². The maximum Gasteiger partial charge on any atom is 0.174 e. The van der Waals surface area contributed by atoms with E-state index in [0.717, 1.165) is 16.7 Å². The van der Waals surface area contributed by atoms with Crippen LogP contribution in [0.5, 0.6) is 0 Å². The number of carbonyl (C=O) groups excluding carboxylic acids is 1. The van der Waals surface area contributed by atoms with Crippen LogP contribution in [-0.2, 0) is 0 Å². The standard InChI is InChI=1S/C22H18O/c1-17(18-11-5-2-6-12-18)21(19-13-7-3-8-14-19)22(23)20-15-9-4-10-16-20/h2-16,21H,1H2. The van der Waals surface area contributed by atoms with Gasteiger partial charge in [0.05, 0.1) is 5.92 Å². The van der Waals surface area contributed by atoms with Crippen molar-refractivity contribution >= 4 is 11.4 Å². The molecule has 1 heteroatoms. The fourth-order valence-corrected chi connectivity index (χ4v) is 2.74. The van der Waals surface area contributed by atoms with Crippen LogP contribution in [0.2, 0.25) is 0 Å². The van der Waals surface area contributed by atoms with Crippen LogP contribution in [0.3, 0.4) is 0 Å². The summed E-state index contributed by atoms with van der Waals surface area (Å²) in [6.45, 7) is 4.23. The Hall–Kier alpha value is -2.93. The quantitative estimate of drug-likeness (QED) is 0.579. The molecule has 0 aromatic heterocycles. The van der Waals surface area contributed by atoms with Crippen LogP contribution >= 0.6 is 0 Å². The van der Waals surface area contributed by atoms with Crippen LogP contribution < -0.4 is 0 Å². The van der Waals surface area contributed by atoms with Crippen molar-refractivity contribution in [3.05, 3.63) is 114 Å². The van der Waals surface area contributed by atoms with Crippen molar-refractivity contribution in [1.29, 1.82) is 0 Å². The van der Waals surface area contributed by atoms with Crippen LogP contribution in [0.4, 0.5) is 0 Å². The van der Waals surface area contributed by atoms with Crippen molar-refractivity contribution in [2.24, 2.45) is 0 Å². The summed E-state index contributed by atoms with van der Waals surface area (Å²) in [5, 5.41) is 0. The molecule has 0 aliphatic carbocycles. The number of allylic oxidation sites excluding steroid dienone is 1. The number of benzene rings is 3. The Kier molecular flexibility index (Phi) is 4.49. The van der Waals surface area contributed by atoms with Crippen LogP contribution in [0.1, 0.15) is 27.4 Å². The topological polar surface area (TPSA) is 17.1 Å². The van der Waals surface area contributed by atoms with E-state index in [4.69, 9.17) is 0 Å². The molecule has 0 N–H and O–H groups in total. The molecule has 0 radical (unpaired) electrons. The molecule has 1 unspecified atom stereocenters.